The average Bonchev–Trinajstić information content (AvgIpc) is 3.27. The lowest BCUT2D eigenvalue weighted by molar-refractivity contribution is -0.140. The second-order valence-corrected chi connectivity index (χ2v) is 8.10. The number of imidazole rings is 1. The van der Waals surface area contributed by atoms with Gasteiger partial charge in [-0.25, -0.2) is 18.6 Å². The maximum Gasteiger partial charge on any atom is 0.338 e. The number of halogens is 3. The smallest absolute Gasteiger partial charge is 0.338 e. The molecule has 37 heavy (non-hydrogen) atoms. The molecule has 188 valence electrons. The highest BCUT2D eigenvalue weighted by atomic mass is 35.5. The summed E-state index contributed by atoms with van der Waals surface area (Å²) in [4.78, 5) is 30.4. The van der Waals surface area contributed by atoms with Gasteiger partial charge in [0.05, 0.1) is 17.5 Å². The lowest BCUT2D eigenvalue weighted by Gasteiger charge is -2.17. The third kappa shape index (κ3) is 5.36. The first-order chi connectivity index (χ1) is 17.8. The molecule has 0 aliphatic carbocycles. The van der Waals surface area contributed by atoms with Crippen LogP contribution in [0.3, 0.4) is 0 Å². The van der Waals surface area contributed by atoms with Gasteiger partial charge in [-0.2, -0.15) is 0 Å². The number of amides is 1. The van der Waals surface area contributed by atoms with Crippen LogP contribution in [-0.2, 0) is 16.1 Å². The van der Waals surface area contributed by atoms with Crippen LogP contribution < -0.4 is 10.1 Å². The molecule has 0 fully saturated rings. The van der Waals surface area contributed by atoms with E-state index in [2.05, 4.69) is 23.5 Å². The molecule has 0 aliphatic heterocycles. The maximum atomic E-state index is 14.0. The van der Waals surface area contributed by atoms with Crippen LogP contribution in [0.4, 0.5) is 8.78 Å². The van der Waals surface area contributed by atoms with E-state index < -0.39 is 36.2 Å². The Labute approximate surface area is 215 Å². The van der Waals surface area contributed by atoms with E-state index in [4.69, 9.17) is 21.1 Å². The van der Waals surface area contributed by atoms with Gasteiger partial charge in [0.1, 0.15) is 23.9 Å². The van der Waals surface area contributed by atoms with Crippen molar-refractivity contribution in [2.24, 2.45) is 0 Å². The third-order valence-electron chi connectivity index (χ3n) is 5.40. The number of benzene rings is 2. The van der Waals surface area contributed by atoms with E-state index in [0.717, 1.165) is 18.4 Å². The number of ether oxygens (including phenoxy) is 2. The molecule has 2 aromatic carbocycles. The Morgan fingerprint density at radius 1 is 1.08 bits per heavy atom. The quantitative estimate of drug-likeness (QED) is 0.227. The molecule has 0 radical (unpaired) electrons. The van der Waals surface area contributed by atoms with Gasteiger partial charge in [-0.15, -0.1) is 0 Å². The topological polar surface area (TPSA) is 81.9 Å². The normalized spacial score (nSPS) is 11.5. The maximum absolute atomic E-state index is 14.0. The van der Waals surface area contributed by atoms with Gasteiger partial charge in [0, 0.05) is 11.2 Å². The van der Waals surface area contributed by atoms with Gasteiger partial charge < -0.3 is 14.8 Å². The highest BCUT2D eigenvalue weighted by Crippen LogP contribution is 2.26. The summed E-state index contributed by atoms with van der Waals surface area (Å²) in [5, 5.41) is 3.09. The Hall–Kier alpha value is -4.50. The minimum atomic E-state index is -1.19. The van der Waals surface area contributed by atoms with E-state index in [9.17, 15) is 18.4 Å². The first-order valence-corrected chi connectivity index (χ1v) is 11.3. The van der Waals surface area contributed by atoms with E-state index in [1.165, 1.54) is 16.5 Å². The fourth-order valence-electron chi connectivity index (χ4n) is 3.64. The zero-order valence-corrected chi connectivity index (χ0v) is 20.0. The number of hydrogen-bond donors (Lipinski definition) is 1. The summed E-state index contributed by atoms with van der Waals surface area (Å²) < 4.78 is 40.1. The van der Waals surface area contributed by atoms with Crippen molar-refractivity contribution in [2.75, 3.05) is 0 Å². The van der Waals surface area contributed by atoms with Gasteiger partial charge in [-0.05, 0) is 48.0 Å². The van der Waals surface area contributed by atoms with Crippen LogP contribution in [0.2, 0.25) is 5.02 Å². The van der Waals surface area contributed by atoms with E-state index >= 15 is 0 Å². The molecule has 0 saturated carbocycles. The third-order valence-corrected chi connectivity index (χ3v) is 5.65. The Balaban J connectivity index is 1.68. The monoisotopic (exact) mass is 523 g/mol. The van der Waals surface area contributed by atoms with Crippen molar-refractivity contribution in [1.29, 1.82) is 0 Å². The largest absolute Gasteiger partial charge is 0.485 e. The second kappa shape index (κ2) is 11.0. The SMILES string of the molecule is C=COC(=O)C(NC(=O)c1c(C=C)nc2c(OCc3c(F)cccc3F)cccn12)c1ccc(Cl)cc1. The van der Waals surface area contributed by atoms with E-state index in [1.807, 2.05) is 0 Å². The fourth-order valence-corrected chi connectivity index (χ4v) is 3.77. The Kier molecular flexibility index (Phi) is 7.64. The Morgan fingerprint density at radius 3 is 2.43 bits per heavy atom. The molecule has 4 rings (SSSR count). The van der Waals surface area contributed by atoms with Crippen LogP contribution in [-0.4, -0.2) is 21.3 Å². The predicted octanol–water partition coefficient (Wildman–Crippen LogP) is 5.65. The van der Waals surface area contributed by atoms with Gasteiger partial charge in [0.15, 0.2) is 17.4 Å². The lowest BCUT2D eigenvalue weighted by atomic mass is 10.1. The highest BCUT2D eigenvalue weighted by molar-refractivity contribution is 6.30. The van der Waals surface area contributed by atoms with Crippen LogP contribution in [0.15, 0.2) is 80.2 Å². The molecule has 0 bridgehead atoms. The van der Waals surface area contributed by atoms with Crippen LogP contribution in [0, 0.1) is 11.6 Å². The molecule has 1 N–H and O–H groups in total. The minimum absolute atomic E-state index is 0.0536. The van der Waals surface area contributed by atoms with Crippen molar-refractivity contribution in [1.82, 2.24) is 14.7 Å². The number of carbonyl (C=O) groups is 2. The van der Waals surface area contributed by atoms with E-state index in [0.29, 0.717) is 10.6 Å². The highest BCUT2D eigenvalue weighted by Gasteiger charge is 2.28. The number of fused-ring (bicyclic) bond motifs is 1. The Morgan fingerprint density at radius 2 is 1.78 bits per heavy atom. The second-order valence-electron chi connectivity index (χ2n) is 7.67. The molecule has 1 atom stereocenters. The lowest BCUT2D eigenvalue weighted by Crippen LogP contribution is -2.35. The summed E-state index contributed by atoms with van der Waals surface area (Å²) in [6.07, 6.45) is 3.88. The molecule has 1 amide bonds. The summed E-state index contributed by atoms with van der Waals surface area (Å²) in [5.74, 6) is -2.76. The number of aromatic nitrogens is 2. The average molecular weight is 524 g/mol. The zero-order valence-electron chi connectivity index (χ0n) is 19.3. The van der Waals surface area contributed by atoms with E-state index in [1.54, 1.807) is 42.6 Å². The van der Waals surface area contributed by atoms with Gasteiger partial charge in [-0.1, -0.05) is 43.0 Å². The summed E-state index contributed by atoms with van der Waals surface area (Å²) >= 11 is 5.95. The van der Waals surface area contributed by atoms with Crippen molar-refractivity contribution >= 4 is 35.2 Å². The van der Waals surface area contributed by atoms with Gasteiger partial charge >= 0.3 is 5.97 Å². The summed E-state index contributed by atoms with van der Waals surface area (Å²) in [6, 6.07) is 11.8. The summed E-state index contributed by atoms with van der Waals surface area (Å²) in [6.45, 7) is 6.69. The molecule has 7 nitrogen and oxygen atoms in total. The molecule has 10 heteroatoms. The molecule has 0 aliphatic rings. The van der Waals surface area contributed by atoms with Crippen molar-refractivity contribution in [2.45, 2.75) is 12.6 Å². The molecule has 2 heterocycles. The number of hydrogen-bond acceptors (Lipinski definition) is 5. The molecule has 1 unspecified atom stereocenters. The minimum Gasteiger partial charge on any atom is -0.485 e. The number of carbonyl (C=O) groups excluding carboxylic acids is 2. The van der Waals surface area contributed by atoms with Crippen LogP contribution in [0.1, 0.15) is 33.4 Å². The molecule has 4 aromatic rings. The predicted molar refractivity (Wildman–Crippen MR) is 134 cm³/mol. The molecule has 0 saturated heterocycles. The first kappa shape index (κ1) is 25.6. The van der Waals surface area contributed by atoms with Crippen LogP contribution in [0.25, 0.3) is 11.7 Å². The fraction of sp³-hybridized carbons (Fsp3) is 0.0741. The molecule has 2 aromatic heterocycles. The first-order valence-electron chi connectivity index (χ1n) is 10.9. The number of pyridine rings is 1. The van der Waals surface area contributed by atoms with Gasteiger partial charge in [0.25, 0.3) is 5.91 Å². The number of esters is 1. The number of nitrogens with one attached hydrogen (secondary N) is 1. The molecular weight excluding hydrogens is 504 g/mol. The van der Waals surface area contributed by atoms with Crippen LogP contribution in [0.5, 0.6) is 5.75 Å². The number of nitrogens with zero attached hydrogens (tertiary/aromatic N) is 2. The van der Waals surface area contributed by atoms with E-state index in [-0.39, 0.29) is 28.3 Å². The summed E-state index contributed by atoms with van der Waals surface area (Å²) in [5.41, 5.74) is 0.630. The molecular formula is C27H20ClF2N3O4. The molecule has 0 spiro atoms. The van der Waals surface area contributed by atoms with Gasteiger partial charge in [0.2, 0.25) is 0 Å². The van der Waals surface area contributed by atoms with Crippen LogP contribution >= 0.6 is 11.6 Å². The van der Waals surface area contributed by atoms with Crippen molar-refractivity contribution < 1.29 is 27.8 Å². The van der Waals surface area contributed by atoms with Crippen molar-refractivity contribution in [3.8, 4) is 5.75 Å². The van der Waals surface area contributed by atoms with Crippen molar-refractivity contribution in [3.05, 3.63) is 119 Å². The van der Waals surface area contributed by atoms with Crippen molar-refractivity contribution in [3.63, 3.8) is 0 Å². The zero-order chi connectivity index (χ0) is 26.5. The van der Waals surface area contributed by atoms with Gasteiger partial charge in [-0.3, -0.25) is 9.20 Å². The summed E-state index contributed by atoms with van der Waals surface area (Å²) in [7, 11) is 0. The Bertz CT molecular complexity index is 1480. The standard InChI is InChI=1S/C27H20ClF2N3O4/c1-3-21-24(26(34)32-23(27(35)36-4-2)16-10-12-17(28)13-11-16)33-14-6-9-22(25(33)31-21)37-15-18-19(29)7-5-8-20(18)30/h3-14,23H,1-2,15H2,(H,32,34). The number of rotatable bonds is 9.